The van der Waals surface area contributed by atoms with Gasteiger partial charge in [0.15, 0.2) is 5.13 Å². The van der Waals surface area contributed by atoms with Crippen LogP contribution in [0.25, 0.3) is 10.2 Å². The molecule has 1 heterocycles. The zero-order valence-corrected chi connectivity index (χ0v) is 16.0. The molecule has 0 saturated heterocycles. The number of amides is 1. The SMILES string of the molecule is COc1ccc(Cl)c2sc(NC(=O)CCCSc3ccccc3)nc12. The van der Waals surface area contributed by atoms with Gasteiger partial charge in [0.1, 0.15) is 11.3 Å². The number of nitrogens with one attached hydrogen (secondary N) is 1. The van der Waals surface area contributed by atoms with Gasteiger partial charge in [0.05, 0.1) is 16.8 Å². The zero-order chi connectivity index (χ0) is 17.6. The molecule has 0 saturated carbocycles. The lowest BCUT2D eigenvalue weighted by molar-refractivity contribution is -0.116. The molecule has 0 spiro atoms. The van der Waals surface area contributed by atoms with Gasteiger partial charge >= 0.3 is 0 Å². The number of hydrogen-bond acceptors (Lipinski definition) is 5. The Morgan fingerprint density at radius 2 is 2.08 bits per heavy atom. The first-order valence-corrected chi connectivity index (χ1v) is 9.96. The Balaban J connectivity index is 1.54. The number of thioether (sulfide) groups is 1. The van der Waals surface area contributed by atoms with Gasteiger partial charge in [-0.25, -0.2) is 4.98 Å². The largest absolute Gasteiger partial charge is 0.494 e. The van der Waals surface area contributed by atoms with Gasteiger partial charge in [0.25, 0.3) is 0 Å². The van der Waals surface area contributed by atoms with Crippen molar-refractivity contribution in [3.05, 3.63) is 47.5 Å². The molecular weight excluding hydrogens is 376 g/mol. The maximum atomic E-state index is 12.1. The van der Waals surface area contributed by atoms with Gasteiger partial charge < -0.3 is 10.1 Å². The summed E-state index contributed by atoms with van der Waals surface area (Å²) >= 11 is 9.31. The molecule has 0 bridgehead atoms. The molecule has 0 atom stereocenters. The van der Waals surface area contributed by atoms with E-state index >= 15 is 0 Å². The van der Waals surface area contributed by atoms with Crippen LogP contribution in [0.5, 0.6) is 5.75 Å². The number of fused-ring (bicyclic) bond motifs is 1. The maximum Gasteiger partial charge on any atom is 0.226 e. The van der Waals surface area contributed by atoms with Crippen molar-refractivity contribution in [2.45, 2.75) is 17.7 Å². The number of halogens is 1. The van der Waals surface area contributed by atoms with Crippen molar-refractivity contribution in [2.75, 3.05) is 18.2 Å². The Morgan fingerprint density at radius 3 is 2.84 bits per heavy atom. The van der Waals surface area contributed by atoms with Crippen LogP contribution in [0.3, 0.4) is 0 Å². The molecule has 130 valence electrons. The van der Waals surface area contributed by atoms with Crippen molar-refractivity contribution < 1.29 is 9.53 Å². The minimum Gasteiger partial charge on any atom is -0.494 e. The number of methoxy groups -OCH3 is 1. The summed E-state index contributed by atoms with van der Waals surface area (Å²) in [6.45, 7) is 0. The normalized spacial score (nSPS) is 10.8. The number of benzene rings is 2. The third-order valence-electron chi connectivity index (χ3n) is 3.48. The molecule has 1 N–H and O–H groups in total. The van der Waals surface area contributed by atoms with Crippen LogP contribution in [-0.4, -0.2) is 23.8 Å². The number of carbonyl (C=O) groups is 1. The number of hydrogen-bond donors (Lipinski definition) is 1. The Labute approximate surface area is 159 Å². The lowest BCUT2D eigenvalue weighted by Crippen LogP contribution is -2.11. The summed E-state index contributed by atoms with van der Waals surface area (Å²) in [4.78, 5) is 17.8. The molecule has 3 aromatic rings. The van der Waals surface area contributed by atoms with Crippen molar-refractivity contribution in [1.29, 1.82) is 0 Å². The van der Waals surface area contributed by atoms with E-state index in [4.69, 9.17) is 16.3 Å². The summed E-state index contributed by atoms with van der Waals surface area (Å²) in [5.41, 5.74) is 0.676. The lowest BCUT2D eigenvalue weighted by Gasteiger charge is -2.02. The zero-order valence-electron chi connectivity index (χ0n) is 13.6. The second kappa shape index (κ2) is 8.56. The number of ether oxygens (including phenoxy) is 1. The van der Waals surface area contributed by atoms with E-state index in [9.17, 15) is 4.79 Å². The van der Waals surface area contributed by atoms with Crippen LogP contribution in [0, 0.1) is 0 Å². The first-order chi connectivity index (χ1) is 12.2. The highest BCUT2D eigenvalue weighted by Crippen LogP contribution is 2.37. The molecule has 25 heavy (non-hydrogen) atoms. The van der Waals surface area contributed by atoms with E-state index in [2.05, 4.69) is 22.4 Å². The van der Waals surface area contributed by atoms with Gasteiger partial charge in [0.2, 0.25) is 5.91 Å². The van der Waals surface area contributed by atoms with Gasteiger partial charge in [-0.05, 0) is 36.4 Å². The van der Waals surface area contributed by atoms with Crippen LogP contribution in [0.1, 0.15) is 12.8 Å². The van der Waals surface area contributed by atoms with Crippen LogP contribution in [0.2, 0.25) is 5.02 Å². The minimum atomic E-state index is -0.0391. The topological polar surface area (TPSA) is 51.2 Å². The van der Waals surface area contributed by atoms with Crippen molar-refractivity contribution in [2.24, 2.45) is 0 Å². The highest BCUT2D eigenvalue weighted by Gasteiger charge is 2.13. The van der Waals surface area contributed by atoms with Crippen LogP contribution in [-0.2, 0) is 4.79 Å². The Bertz CT molecular complexity index is 868. The number of carbonyl (C=O) groups excluding carboxylic acids is 1. The third kappa shape index (κ3) is 4.66. The molecule has 0 aliphatic rings. The average molecular weight is 393 g/mol. The van der Waals surface area contributed by atoms with Crippen molar-refractivity contribution in [3.8, 4) is 5.75 Å². The van der Waals surface area contributed by atoms with Crippen LogP contribution in [0.15, 0.2) is 47.4 Å². The molecule has 1 aromatic heterocycles. The molecule has 0 aliphatic heterocycles. The number of thiazole rings is 1. The fraction of sp³-hybridized carbons (Fsp3) is 0.222. The molecule has 0 fully saturated rings. The molecule has 4 nitrogen and oxygen atoms in total. The molecule has 0 radical (unpaired) electrons. The van der Waals surface area contributed by atoms with Crippen LogP contribution >= 0.6 is 34.7 Å². The molecule has 2 aromatic carbocycles. The minimum absolute atomic E-state index is 0.0391. The van der Waals surface area contributed by atoms with E-state index in [1.807, 2.05) is 18.2 Å². The maximum absolute atomic E-state index is 12.1. The quantitative estimate of drug-likeness (QED) is 0.428. The van der Waals surface area contributed by atoms with Gasteiger partial charge in [-0.2, -0.15) is 0 Å². The molecule has 0 aliphatic carbocycles. The van der Waals surface area contributed by atoms with E-state index < -0.39 is 0 Å². The number of aromatic nitrogens is 1. The molecule has 7 heteroatoms. The highest BCUT2D eigenvalue weighted by atomic mass is 35.5. The fourth-order valence-electron chi connectivity index (χ4n) is 2.29. The summed E-state index contributed by atoms with van der Waals surface area (Å²) in [5.74, 6) is 1.51. The van der Waals surface area contributed by atoms with Crippen molar-refractivity contribution >= 4 is 56.0 Å². The molecule has 3 rings (SSSR count). The van der Waals surface area contributed by atoms with Gasteiger partial charge in [-0.15, -0.1) is 11.8 Å². The van der Waals surface area contributed by atoms with E-state index in [1.54, 1.807) is 31.0 Å². The molecular formula is C18H17ClN2O2S2. The number of rotatable bonds is 7. The van der Waals surface area contributed by atoms with Crippen molar-refractivity contribution in [1.82, 2.24) is 4.98 Å². The number of anilines is 1. The highest BCUT2D eigenvalue weighted by molar-refractivity contribution is 7.99. The standard InChI is InChI=1S/C18H17ClN2O2S2/c1-23-14-10-9-13(19)17-16(14)21-18(25-17)20-15(22)8-5-11-24-12-6-3-2-4-7-12/h2-4,6-7,9-10H,5,8,11H2,1H3,(H,20,21,22). The smallest absolute Gasteiger partial charge is 0.226 e. The lowest BCUT2D eigenvalue weighted by atomic mass is 10.3. The summed E-state index contributed by atoms with van der Waals surface area (Å²) in [5, 5.41) is 4.00. The van der Waals surface area contributed by atoms with E-state index in [1.165, 1.54) is 16.2 Å². The first kappa shape index (κ1) is 18.0. The van der Waals surface area contributed by atoms with Crippen LogP contribution in [0.4, 0.5) is 5.13 Å². The summed E-state index contributed by atoms with van der Waals surface area (Å²) < 4.78 is 6.11. The first-order valence-electron chi connectivity index (χ1n) is 7.78. The predicted octanol–water partition coefficient (Wildman–Crippen LogP) is 5.47. The van der Waals surface area contributed by atoms with E-state index in [0.29, 0.717) is 27.8 Å². The molecule has 0 unspecified atom stereocenters. The third-order valence-corrected chi connectivity index (χ3v) is 6.01. The number of nitrogens with zero attached hydrogens (tertiary/aromatic N) is 1. The monoisotopic (exact) mass is 392 g/mol. The Hall–Kier alpha value is -1.76. The Kier molecular flexibility index (Phi) is 6.18. The summed E-state index contributed by atoms with van der Waals surface area (Å²) in [7, 11) is 1.59. The van der Waals surface area contributed by atoms with Gasteiger partial charge in [0, 0.05) is 11.3 Å². The van der Waals surface area contributed by atoms with Crippen molar-refractivity contribution in [3.63, 3.8) is 0 Å². The van der Waals surface area contributed by atoms with Gasteiger partial charge in [-0.3, -0.25) is 4.79 Å². The van der Waals surface area contributed by atoms with E-state index in [0.717, 1.165) is 16.9 Å². The molecule has 1 amide bonds. The van der Waals surface area contributed by atoms with E-state index in [-0.39, 0.29) is 5.91 Å². The van der Waals surface area contributed by atoms with Gasteiger partial charge in [-0.1, -0.05) is 41.1 Å². The summed E-state index contributed by atoms with van der Waals surface area (Å²) in [6, 6.07) is 13.7. The van der Waals surface area contributed by atoms with Crippen LogP contribution < -0.4 is 10.1 Å². The second-order valence-electron chi connectivity index (χ2n) is 5.26. The predicted molar refractivity (Wildman–Crippen MR) is 106 cm³/mol. The fourth-order valence-corrected chi connectivity index (χ4v) is 4.34. The second-order valence-corrected chi connectivity index (χ2v) is 7.83. The Morgan fingerprint density at radius 1 is 1.28 bits per heavy atom. The average Bonchev–Trinajstić information content (AvgIpc) is 3.04. The summed E-state index contributed by atoms with van der Waals surface area (Å²) in [6.07, 6.45) is 1.26.